The van der Waals surface area contributed by atoms with Crippen LogP contribution in [0, 0.1) is 21.7 Å². The summed E-state index contributed by atoms with van der Waals surface area (Å²) in [6, 6.07) is 3.46. The van der Waals surface area contributed by atoms with Gasteiger partial charge in [-0.3, -0.25) is 10.1 Å². The molecule has 0 amide bonds. The van der Waals surface area contributed by atoms with Crippen LogP contribution in [0.4, 0.5) is 20.2 Å². The molecule has 1 heterocycles. The van der Waals surface area contributed by atoms with Crippen LogP contribution < -0.4 is 5.32 Å². The van der Waals surface area contributed by atoms with E-state index in [4.69, 9.17) is 0 Å². The number of hydrogen-bond donors (Lipinski definition) is 1. The number of anilines is 1. The normalized spacial score (nSPS) is 10.5. The summed E-state index contributed by atoms with van der Waals surface area (Å²) in [6.45, 7) is 0.178. The van der Waals surface area contributed by atoms with Crippen LogP contribution in [-0.2, 0) is 6.54 Å². The van der Waals surface area contributed by atoms with Crippen molar-refractivity contribution >= 4 is 38.6 Å². The van der Waals surface area contributed by atoms with Crippen LogP contribution in [0.15, 0.2) is 28.1 Å². The average molecular weight is 349 g/mol. The van der Waals surface area contributed by atoms with Gasteiger partial charge in [-0.05, 0) is 28.1 Å². The van der Waals surface area contributed by atoms with Gasteiger partial charge in [-0.1, -0.05) is 0 Å². The Labute approximate surface area is 119 Å². The molecule has 0 aliphatic carbocycles. The van der Waals surface area contributed by atoms with E-state index in [1.54, 1.807) is 6.07 Å². The van der Waals surface area contributed by atoms with Crippen molar-refractivity contribution < 1.29 is 13.7 Å². The molecule has 100 valence electrons. The molecule has 1 aromatic carbocycles. The second-order valence-corrected chi connectivity index (χ2v) is 5.51. The first-order valence-corrected chi connectivity index (χ1v) is 6.75. The van der Waals surface area contributed by atoms with Gasteiger partial charge in [0.2, 0.25) is 0 Å². The number of nitrogens with one attached hydrogen (secondary N) is 1. The Morgan fingerprint density at radius 1 is 1.42 bits per heavy atom. The lowest BCUT2D eigenvalue weighted by Crippen LogP contribution is -2.05. The number of thiophene rings is 1. The van der Waals surface area contributed by atoms with Gasteiger partial charge in [0.1, 0.15) is 0 Å². The number of benzene rings is 1. The number of rotatable bonds is 4. The van der Waals surface area contributed by atoms with Crippen molar-refractivity contribution in [2.24, 2.45) is 0 Å². The monoisotopic (exact) mass is 348 g/mol. The third-order valence-corrected chi connectivity index (χ3v) is 4.03. The number of nitrogens with zero attached hydrogens (tertiary/aromatic N) is 1. The summed E-state index contributed by atoms with van der Waals surface area (Å²) in [6.07, 6.45) is 0. The standard InChI is InChI=1S/C11H7BrF2N2O2S/c12-6-3-7(19-5-6)4-15-11-9(16(17)18)2-1-8(13)10(11)14/h1-3,5,15H,4H2. The number of hydrogen-bond acceptors (Lipinski definition) is 4. The van der Waals surface area contributed by atoms with Gasteiger partial charge in [-0.15, -0.1) is 11.3 Å². The van der Waals surface area contributed by atoms with Crippen molar-refractivity contribution in [3.63, 3.8) is 0 Å². The Bertz CT molecular complexity index is 633. The second-order valence-electron chi connectivity index (χ2n) is 3.60. The molecule has 8 heteroatoms. The summed E-state index contributed by atoms with van der Waals surface area (Å²) in [5.41, 5.74) is -0.927. The molecule has 19 heavy (non-hydrogen) atoms. The van der Waals surface area contributed by atoms with Crippen LogP contribution in [0.1, 0.15) is 4.88 Å². The van der Waals surface area contributed by atoms with E-state index >= 15 is 0 Å². The minimum atomic E-state index is -1.25. The lowest BCUT2D eigenvalue weighted by molar-refractivity contribution is -0.384. The van der Waals surface area contributed by atoms with Gasteiger partial charge in [0.15, 0.2) is 17.3 Å². The Hall–Kier alpha value is -1.54. The molecule has 0 spiro atoms. The lowest BCUT2D eigenvalue weighted by atomic mass is 10.2. The Balaban J connectivity index is 2.28. The molecule has 2 aromatic rings. The SMILES string of the molecule is O=[N+]([O-])c1ccc(F)c(F)c1NCc1cc(Br)cs1. The van der Waals surface area contributed by atoms with Crippen molar-refractivity contribution in [3.05, 3.63) is 54.7 Å². The Morgan fingerprint density at radius 2 is 2.16 bits per heavy atom. The highest BCUT2D eigenvalue weighted by molar-refractivity contribution is 9.10. The molecule has 0 aliphatic heterocycles. The summed E-state index contributed by atoms with van der Waals surface area (Å²) in [5.74, 6) is -2.37. The van der Waals surface area contributed by atoms with Crippen LogP contribution in [0.5, 0.6) is 0 Å². The van der Waals surface area contributed by atoms with Crippen molar-refractivity contribution in [1.29, 1.82) is 0 Å². The highest BCUT2D eigenvalue weighted by Crippen LogP contribution is 2.30. The zero-order valence-electron chi connectivity index (χ0n) is 9.32. The van der Waals surface area contributed by atoms with Crippen molar-refractivity contribution in [2.45, 2.75) is 6.54 Å². The molecule has 0 saturated heterocycles. The molecular formula is C11H7BrF2N2O2S. The topological polar surface area (TPSA) is 55.2 Å². The third kappa shape index (κ3) is 3.07. The van der Waals surface area contributed by atoms with Gasteiger partial charge in [-0.25, -0.2) is 8.78 Å². The van der Waals surface area contributed by atoms with Gasteiger partial charge < -0.3 is 5.32 Å². The molecular weight excluding hydrogens is 342 g/mol. The maximum Gasteiger partial charge on any atom is 0.295 e. The molecule has 0 atom stereocenters. The molecule has 1 aromatic heterocycles. The quantitative estimate of drug-likeness (QED) is 0.661. The van der Waals surface area contributed by atoms with Crippen LogP contribution >= 0.6 is 27.3 Å². The zero-order chi connectivity index (χ0) is 14.0. The summed E-state index contributed by atoms with van der Waals surface area (Å²) >= 11 is 4.66. The first kappa shape index (κ1) is 13.9. The first-order valence-electron chi connectivity index (χ1n) is 5.08. The van der Waals surface area contributed by atoms with Gasteiger partial charge >= 0.3 is 0 Å². The van der Waals surface area contributed by atoms with Gasteiger partial charge in [-0.2, -0.15) is 0 Å². The van der Waals surface area contributed by atoms with Crippen molar-refractivity contribution in [1.82, 2.24) is 0 Å². The maximum atomic E-state index is 13.6. The molecule has 4 nitrogen and oxygen atoms in total. The molecule has 2 rings (SSSR count). The van der Waals surface area contributed by atoms with Crippen LogP contribution in [0.2, 0.25) is 0 Å². The van der Waals surface area contributed by atoms with E-state index in [9.17, 15) is 18.9 Å². The largest absolute Gasteiger partial charge is 0.372 e. The van der Waals surface area contributed by atoms with Crippen LogP contribution in [0.25, 0.3) is 0 Å². The zero-order valence-corrected chi connectivity index (χ0v) is 11.7. The Morgan fingerprint density at radius 3 is 2.74 bits per heavy atom. The molecule has 0 fully saturated rings. The lowest BCUT2D eigenvalue weighted by Gasteiger charge is -2.07. The van der Waals surface area contributed by atoms with Crippen molar-refractivity contribution in [2.75, 3.05) is 5.32 Å². The fourth-order valence-electron chi connectivity index (χ4n) is 1.48. The predicted molar refractivity (Wildman–Crippen MR) is 72.4 cm³/mol. The third-order valence-electron chi connectivity index (χ3n) is 2.33. The minimum Gasteiger partial charge on any atom is -0.372 e. The predicted octanol–water partition coefficient (Wildman–Crippen LogP) is 4.31. The summed E-state index contributed by atoms with van der Waals surface area (Å²) in [7, 11) is 0. The van der Waals surface area contributed by atoms with E-state index in [0.29, 0.717) is 0 Å². The highest BCUT2D eigenvalue weighted by atomic mass is 79.9. The summed E-state index contributed by atoms with van der Waals surface area (Å²) in [4.78, 5) is 10.9. The second kappa shape index (κ2) is 5.62. The average Bonchev–Trinajstić information content (AvgIpc) is 2.76. The van der Waals surface area contributed by atoms with Gasteiger partial charge in [0, 0.05) is 27.3 Å². The van der Waals surface area contributed by atoms with E-state index in [0.717, 1.165) is 21.5 Å². The number of nitro benzene ring substituents is 1. The smallest absolute Gasteiger partial charge is 0.295 e. The molecule has 0 unspecified atom stereocenters. The van der Waals surface area contributed by atoms with Crippen LogP contribution in [-0.4, -0.2) is 4.92 Å². The van der Waals surface area contributed by atoms with Crippen LogP contribution in [0.3, 0.4) is 0 Å². The van der Waals surface area contributed by atoms with E-state index in [1.807, 2.05) is 5.38 Å². The summed E-state index contributed by atoms with van der Waals surface area (Å²) < 4.78 is 27.6. The van der Waals surface area contributed by atoms with E-state index < -0.39 is 27.9 Å². The number of nitro groups is 1. The Kier molecular flexibility index (Phi) is 4.11. The van der Waals surface area contributed by atoms with Gasteiger partial charge in [0.25, 0.3) is 5.69 Å². The molecule has 0 radical (unpaired) electrons. The summed E-state index contributed by atoms with van der Waals surface area (Å²) in [5, 5.41) is 15.2. The number of halogens is 3. The highest BCUT2D eigenvalue weighted by Gasteiger charge is 2.21. The fourth-order valence-corrected chi connectivity index (χ4v) is 2.87. The van der Waals surface area contributed by atoms with E-state index in [-0.39, 0.29) is 6.54 Å². The van der Waals surface area contributed by atoms with Crippen molar-refractivity contribution in [3.8, 4) is 0 Å². The molecule has 1 N–H and O–H groups in total. The first-order chi connectivity index (χ1) is 8.99. The molecule has 0 bridgehead atoms. The minimum absolute atomic E-state index is 0.178. The van der Waals surface area contributed by atoms with E-state index in [1.165, 1.54) is 11.3 Å². The van der Waals surface area contributed by atoms with E-state index in [2.05, 4.69) is 21.2 Å². The maximum absolute atomic E-state index is 13.6. The van der Waals surface area contributed by atoms with Gasteiger partial charge in [0.05, 0.1) is 4.92 Å². The molecule has 0 saturated carbocycles. The fraction of sp³-hybridized carbons (Fsp3) is 0.0909. The molecule has 0 aliphatic rings.